The van der Waals surface area contributed by atoms with Crippen molar-refractivity contribution in [3.05, 3.63) is 0 Å². The van der Waals surface area contributed by atoms with Crippen LogP contribution in [0.3, 0.4) is 0 Å². The van der Waals surface area contributed by atoms with E-state index >= 15 is 0 Å². The van der Waals surface area contributed by atoms with E-state index in [4.69, 9.17) is 9.84 Å². The number of likely N-dealkylation sites (tertiary alicyclic amines) is 1. The Bertz CT molecular complexity index is 374. The number of hydrogen-bond acceptors (Lipinski definition) is 5. The fraction of sp³-hybridized carbons (Fsp3) is 0.750. The monoisotopic (exact) mass is 287 g/mol. The highest BCUT2D eigenvalue weighted by Gasteiger charge is 2.31. The minimum Gasteiger partial charge on any atom is -0.480 e. The van der Waals surface area contributed by atoms with E-state index in [0.717, 1.165) is 6.42 Å². The third kappa shape index (κ3) is 5.14. The lowest BCUT2D eigenvalue weighted by molar-refractivity contribution is -0.142. The highest BCUT2D eigenvalue weighted by molar-refractivity contribution is 5.95. The summed E-state index contributed by atoms with van der Waals surface area (Å²) in [6.07, 6.45) is 1.26. The van der Waals surface area contributed by atoms with E-state index in [0.29, 0.717) is 19.6 Å². The summed E-state index contributed by atoms with van der Waals surface area (Å²) in [6, 6.07) is -1.46. The Kier molecular flexibility index (Phi) is 6.40. The lowest BCUT2D eigenvalue weighted by atomic mass is 10.2. The van der Waals surface area contributed by atoms with Gasteiger partial charge in [0.2, 0.25) is 5.91 Å². The fourth-order valence-corrected chi connectivity index (χ4v) is 2.20. The summed E-state index contributed by atoms with van der Waals surface area (Å²) in [5.74, 6) is -1.45. The Balaban J connectivity index is 2.36. The van der Waals surface area contributed by atoms with Gasteiger partial charge in [-0.3, -0.25) is 19.8 Å². The number of urea groups is 1. The van der Waals surface area contributed by atoms with Crippen LogP contribution in [0.1, 0.15) is 19.8 Å². The number of methoxy groups -OCH3 is 1. The summed E-state index contributed by atoms with van der Waals surface area (Å²) >= 11 is 0. The molecule has 1 aliphatic heterocycles. The molecule has 0 spiro atoms. The second kappa shape index (κ2) is 7.81. The Morgan fingerprint density at radius 1 is 1.45 bits per heavy atom. The quantitative estimate of drug-likeness (QED) is 0.602. The van der Waals surface area contributed by atoms with Crippen LogP contribution in [0.15, 0.2) is 0 Å². The topological polar surface area (TPSA) is 108 Å². The van der Waals surface area contributed by atoms with Crippen molar-refractivity contribution in [2.75, 3.05) is 26.8 Å². The van der Waals surface area contributed by atoms with Crippen LogP contribution in [0.25, 0.3) is 0 Å². The number of aliphatic carboxylic acids is 1. The number of ether oxygens (including phenoxy) is 1. The Labute approximate surface area is 117 Å². The first-order valence-electron chi connectivity index (χ1n) is 6.50. The molecule has 1 saturated heterocycles. The number of imide groups is 1. The molecule has 20 heavy (non-hydrogen) atoms. The molecule has 0 radical (unpaired) electrons. The lowest BCUT2D eigenvalue weighted by Crippen LogP contribution is -2.49. The number of carboxylic acids is 1. The predicted octanol–water partition coefficient (Wildman–Crippen LogP) is -0.604. The number of carbonyl (C=O) groups excluding carboxylic acids is 2. The zero-order chi connectivity index (χ0) is 15.1. The molecule has 0 aromatic heterocycles. The second-order valence-corrected chi connectivity index (χ2v) is 4.84. The van der Waals surface area contributed by atoms with Crippen LogP contribution in [-0.2, 0) is 14.3 Å². The van der Waals surface area contributed by atoms with Crippen molar-refractivity contribution in [1.29, 1.82) is 0 Å². The highest BCUT2D eigenvalue weighted by Crippen LogP contribution is 2.16. The van der Waals surface area contributed by atoms with E-state index in [1.54, 1.807) is 11.8 Å². The summed E-state index contributed by atoms with van der Waals surface area (Å²) in [5, 5.41) is 13.7. The van der Waals surface area contributed by atoms with E-state index in [9.17, 15) is 14.4 Å². The van der Waals surface area contributed by atoms with Gasteiger partial charge < -0.3 is 15.2 Å². The van der Waals surface area contributed by atoms with Crippen molar-refractivity contribution in [3.63, 3.8) is 0 Å². The van der Waals surface area contributed by atoms with Crippen molar-refractivity contribution in [2.45, 2.75) is 31.8 Å². The highest BCUT2D eigenvalue weighted by atomic mass is 16.5. The number of rotatable bonds is 6. The van der Waals surface area contributed by atoms with E-state index < -0.39 is 23.9 Å². The predicted molar refractivity (Wildman–Crippen MR) is 70.2 cm³/mol. The molecule has 8 heteroatoms. The maximum atomic E-state index is 11.7. The Hall–Kier alpha value is -1.67. The van der Waals surface area contributed by atoms with Gasteiger partial charge in [-0.05, 0) is 26.3 Å². The molecular weight excluding hydrogens is 266 g/mol. The summed E-state index contributed by atoms with van der Waals surface area (Å²) in [7, 11) is 1.51. The van der Waals surface area contributed by atoms with Gasteiger partial charge in [-0.1, -0.05) is 0 Å². The molecule has 0 saturated carbocycles. The van der Waals surface area contributed by atoms with Crippen molar-refractivity contribution in [1.82, 2.24) is 15.5 Å². The molecule has 0 aromatic rings. The Morgan fingerprint density at radius 2 is 2.15 bits per heavy atom. The fourth-order valence-electron chi connectivity index (χ4n) is 2.20. The van der Waals surface area contributed by atoms with Gasteiger partial charge in [-0.25, -0.2) is 4.79 Å². The zero-order valence-electron chi connectivity index (χ0n) is 11.7. The van der Waals surface area contributed by atoms with Crippen molar-refractivity contribution >= 4 is 17.9 Å². The van der Waals surface area contributed by atoms with Crippen LogP contribution in [0, 0.1) is 0 Å². The Morgan fingerprint density at radius 3 is 2.75 bits per heavy atom. The number of nitrogens with one attached hydrogen (secondary N) is 2. The number of carbonyl (C=O) groups is 3. The van der Waals surface area contributed by atoms with Gasteiger partial charge in [-0.2, -0.15) is 0 Å². The third-order valence-electron chi connectivity index (χ3n) is 3.04. The normalized spacial score (nSPS) is 20.4. The van der Waals surface area contributed by atoms with Gasteiger partial charge in [0.1, 0.15) is 6.04 Å². The van der Waals surface area contributed by atoms with Crippen molar-refractivity contribution in [2.24, 2.45) is 0 Å². The zero-order valence-corrected chi connectivity index (χ0v) is 11.7. The van der Waals surface area contributed by atoms with Gasteiger partial charge in [0.05, 0.1) is 19.2 Å². The molecule has 2 atom stereocenters. The summed E-state index contributed by atoms with van der Waals surface area (Å²) in [5.41, 5.74) is 0. The molecule has 3 amide bonds. The van der Waals surface area contributed by atoms with Gasteiger partial charge in [0.25, 0.3) is 0 Å². The number of nitrogens with zero attached hydrogens (tertiary/aromatic N) is 1. The smallest absolute Gasteiger partial charge is 0.321 e. The average molecular weight is 287 g/mol. The first-order valence-corrected chi connectivity index (χ1v) is 6.50. The molecule has 3 N–H and O–H groups in total. The average Bonchev–Trinajstić information content (AvgIpc) is 2.76. The maximum Gasteiger partial charge on any atom is 0.321 e. The largest absolute Gasteiger partial charge is 0.480 e. The SMILES string of the molecule is COCC(C)NC(=O)NC(=O)CN1CCC[C@H]1C(=O)O. The van der Waals surface area contributed by atoms with Gasteiger partial charge in [-0.15, -0.1) is 0 Å². The van der Waals surface area contributed by atoms with Gasteiger partial charge in [0.15, 0.2) is 0 Å². The van der Waals surface area contributed by atoms with Crippen LogP contribution in [-0.4, -0.2) is 66.8 Å². The standard InChI is InChI=1S/C12H21N3O5/c1-8(7-20-2)13-12(19)14-10(16)6-15-5-3-4-9(15)11(17)18/h8-9H,3-7H2,1-2H3,(H,17,18)(H2,13,14,16,19)/t8?,9-/m0/s1. The van der Waals surface area contributed by atoms with Crippen LogP contribution in [0.4, 0.5) is 4.79 Å². The van der Waals surface area contributed by atoms with E-state index in [-0.39, 0.29) is 12.6 Å². The molecule has 8 nitrogen and oxygen atoms in total. The molecule has 0 bridgehead atoms. The summed E-state index contributed by atoms with van der Waals surface area (Å²) in [6.45, 7) is 2.54. The van der Waals surface area contributed by atoms with Crippen LogP contribution >= 0.6 is 0 Å². The molecule has 1 aliphatic rings. The molecule has 0 aromatic carbocycles. The molecular formula is C12H21N3O5. The second-order valence-electron chi connectivity index (χ2n) is 4.84. The third-order valence-corrected chi connectivity index (χ3v) is 3.04. The van der Waals surface area contributed by atoms with Crippen molar-refractivity contribution < 1.29 is 24.2 Å². The lowest BCUT2D eigenvalue weighted by Gasteiger charge is -2.20. The molecule has 0 aliphatic carbocycles. The van der Waals surface area contributed by atoms with E-state index in [2.05, 4.69) is 10.6 Å². The minimum atomic E-state index is -0.937. The first kappa shape index (κ1) is 16.4. The van der Waals surface area contributed by atoms with Crippen LogP contribution < -0.4 is 10.6 Å². The van der Waals surface area contributed by atoms with Crippen LogP contribution in [0.5, 0.6) is 0 Å². The van der Waals surface area contributed by atoms with Gasteiger partial charge >= 0.3 is 12.0 Å². The molecule has 1 rings (SSSR count). The number of hydrogen-bond donors (Lipinski definition) is 3. The van der Waals surface area contributed by atoms with E-state index in [1.165, 1.54) is 7.11 Å². The van der Waals surface area contributed by atoms with Crippen molar-refractivity contribution in [3.8, 4) is 0 Å². The summed E-state index contributed by atoms with van der Waals surface area (Å²) in [4.78, 5) is 35.7. The minimum absolute atomic E-state index is 0.0942. The number of amides is 3. The molecule has 1 fully saturated rings. The maximum absolute atomic E-state index is 11.7. The van der Waals surface area contributed by atoms with E-state index in [1.807, 2.05) is 0 Å². The van der Waals surface area contributed by atoms with Gasteiger partial charge in [0, 0.05) is 7.11 Å². The number of carboxylic acid groups (broad SMARTS) is 1. The molecule has 1 heterocycles. The van der Waals surface area contributed by atoms with Crippen LogP contribution in [0.2, 0.25) is 0 Å². The first-order chi connectivity index (χ1) is 9.43. The summed E-state index contributed by atoms with van der Waals surface area (Å²) < 4.78 is 4.86. The molecule has 1 unspecified atom stereocenters. The molecule has 114 valence electrons.